The molecule has 0 atom stereocenters. The van der Waals surface area contributed by atoms with Gasteiger partial charge in [0.15, 0.2) is 0 Å². The van der Waals surface area contributed by atoms with Crippen molar-refractivity contribution in [3.8, 4) is 0 Å². The third-order valence-electron chi connectivity index (χ3n) is 4.21. The second-order valence-electron chi connectivity index (χ2n) is 5.92. The van der Waals surface area contributed by atoms with E-state index in [-0.39, 0.29) is 5.41 Å². The molecule has 2 rings (SSSR count). The molecular formula is C14H24ClN3. The Balaban J connectivity index is 2.39. The van der Waals surface area contributed by atoms with Crippen molar-refractivity contribution in [3.05, 3.63) is 11.6 Å². The van der Waals surface area contributed by atoms with Gasteiger partial charge in [-0.1, -0.05) is 33.6 Å². The molecule has 3 nitrogen and oxygen atoms in total. The van der Waals surface area contributed by atoms with Crippen molar-refractivity contribution in [2.24, 2.45) is 5.92 Å². The van der Waals surface area contributed by atoms with Crippen LogP contribution < -0.4 is 0 Å². The second-order valence-corrected chi connectivity index (χ2v) is 6.19. The van der Waals surface area contributed by atoms with E-state index in [0.29, 0.717) is 11.8 Å². The predicted octanol–water partition coefficient (Wildman–Crippen LogP) is 3.89. The summed E-state index contributed by atoms with van der Waals surface area (Å²) in [4.78, 5) is 0. The van der Waals surface area contributed by atoms with E-state index in [0.717, 1.165) is 18.8 Å². The first-order valence-corrected chi connectivity index (χ1v) is 7.65. The van der Waals surface area contributed by atoms with Crippen molar-refractivity contribution < 1.29 is 0 Å². The molecule has 0 aromatic carbocycles. The van der Waals surface area contributed by atoms with Gasteiger partial charge in [-0.15, -0.1) is 21.8 Å². The highest BCUT2D eigenvalue weighted by Crippen LogP contribution is 2.43. The summed E-state index contributed by atoms with van der Waals surface area (Å²) in [6.07, 6.45) is 6.30. The van der Waals surface area contributed by atoms with Crippen LogP contribution in [-0.2, 0) is 17.8 Å². The average molecular weight is 270 g/mol. The molecule has 1 fully saturated rings. The largest absolute Gasteiger partial charge is 0.313 e. The number of halogens is 1. The molecule has 1 aromatic rings. The van der Waals surface area contributed by atoms with Crippen LogP contribution in [0.15, 0.2) is 0 Å². The van der Waals surface area contributed by atoms with Crippen LogP contribution in [0.2, 0.25) is 0 Å². The molecule has 0 N–H and O–H groups in total. The Morgan fingerprint density at radius 2 is 1.94 bits per heavy atom. The number of aromatic nitrogens is 3. The highest BCUT2D eigenvalue weighted by molar-refractivity contribution is 6.16. The molecule has 18 heavy (non-hydrogen) atoms. The molecule has 0 radical (unpaired) electrons. The molecule has 4 heteroatoms. The fourth-order valence-electron chi connectivity index (χ4n) is 3.17. The van der Waals surface area contributed by atoms with Gasteiger partial charge in [0.05, 0.1) is 5.88 Å². The van der Waals surface area contributed by atoms with Crippen molar-refractivity contribution in [2.75, 3.05) is 0 Å². The summed E-state index contributed by atoms with van der Waals surface area (Å²) in [7, 11) is 0. The smallest absolute Gasteiger partial charge is 0.147 e. The van der Waals surface area contributed by atoms with Crippen LogP contribution in [0.5, 0.6) is 0 Å². The van der Waals surface area contributed by atoms with Gasteiger partial charge in [-0.2, -0.15) is 0 Å². The standard InChI is InChI=1S/C14H24ClN3/c1-4-14(7-5-6-8-14)13-17-16-12(9-15)18(13)10-11(2)3/h11H,4-10H2,1-3H3. The van der Waals surface area contributed by atoms with Gasteiger partial charge in [0.1, 0.15) is 11.6 Å². The van der Waals surface area contributed by atoms with Gasteiger partial charge < -0.3 is 4.57 Å². The third kappa shape index (κ3) is 2.42. The number of nitrogens with zero attached hydrogens (tertiary/aromatic N) is 3. The van der Waals surface area contributed by atoms with E-state index in [1.54, 1.807) is 0 Å². The van der Waals surface area contributed by atoms with Crippen molar-refractivity contribution in [1.29, 1.82) is 0 Å². The lowest BCUT2D eigenvalue weighted by molar-refractivity contribution is 0.363. The highest BCUT2D eigenvalue weighted by Gasteiger charge is 2.38. The van der Waals surface area contributed by atoms with Gasteiger partial charge in [-0.05, 0) is 25.2 Å². The first kappa shape index (κ1) is 13.9. The zero-order valence-electron chi connectivity index (χ0n) is 11.7. The molecule has 1 aliphatic rings. The third-order valence-corrected chi connectivity index (χ3v) is 4.45. The maximum atomic E-state index is 6.00. The minimum atomic E-state index is 0.256. The van der Waals surface area contributed by atoms with E-state index in [4.69, 9.17) is 11.6 Å². The van der Waals surface area contributed by atoms with Crippen molar-refractivity contribution in [2.45, 2.75) is 70.7 Å². The van der Waals surface area contributed by atoms with Crippen molar-refractivity contribution in [1.82, 2.24) is 14.8 Å². The Morgan fingerprint density at radius 1 is 1.28 bits per heavy atom. The average Bonchev–Trinajstić information content (AvgIpc) is 2.95. The van der Waals surface area contributed by atoms with Crippen LogP contribution in [0.25, 0.3) is 0 Å². The SMILES string of the molecule is CCC1(c2nnc(CCl)n2CC(C)C)CCCC1. The van der Waals surface area contributed by atoms with E-state index in [1.165, 1.54) is 31.5 Å². The van der Waals surface area contributed by atoms with E-state index in [2.05, 4.69) is 35.5 Å². The van der Waals surface area contributed by atoms with Crippen LogP contribution >= 0.6 is 11.6 Å². The molecule has 0 unspecified atom stereocenters. The monoisotopic (exact) mass is 269 g/mol. The Kier molecular flexibility index (Phi) is 4.31. The topological polar surface area (TPSA) is 30.7 Å². The Hall–Kier alpha value is -0.570. The zero-order valence-corrected chi connectivity index (χ0v) is 12.5. The Bertz CT molecular complexity index is 392. The fraction of sp³-hybridized carbons (Fsp3) is 0.857. The molecule has 1 aliphatic carbocycles. The number of hydrogen-bond acceptors (Lipinski definition) is 2. The maximum Gasteiger partial charge on any atom is 0.147 e. The van der Waals surface area contributed by atoms with Gasteiger partial charge in [0, 0.05) is 12.0 Å². The normalized spacial score (nSPS) is 18.7. The summed E-state index contributed by atoms with van der Waals surface area (Å²) in [5.74, 6) is 3.17. The fourth-order valence-corrected chi connectivity index (χ4v) is 3.37. The van der Waals surface area contributed by atoms with Crippen LogP contribution in [0.1, 0.15) is 64.5 Å². The molecule has 0 amide bonds. The predicted molar refractivity (Wildman–Crippen MR) is 74.9 cm³/mol. The summed E-state index contributed by atoms with van der Waals surface area (Å²) in [6.45, 7) is 7.72. The summed E-state index contributed by atoms with van der Waals surface area (Å²) >= 11 is 6.00. The van der Waals surface area contributed by atoms with Crippen molar-refractivity contribution in [3.63, 3.8) is 0 Å². The maximum absolute atomic E-state index is 6.00. The van der Waals surface area contributed by atoms with E-state index < -0.39 is 0 Å². The molecular weight excluding hydrogens is 246 g/mol. The molecule has 0 aliphatic heterocycles. The molecule has 1 saturated carbocycles. The lowest BCUT2D eigenvalue weighted by atomic mass is 9.82. The van der Waals surface area contributed by atoms with Gasteiger partial charge in [0.25, 0.3) is 0 Å². The van der Waals surface area contributed by atoms with Gasteiger partial charge in [0.2, 0.25) is 0 Å². The number of alkyl halides is 1. The van der Waals surface area contributed by atoms with Crippen LogP contribution in [0.4, 0.5) is 0 Å². The van der Waals surface area contributed by atoms with E-state index in [1.807, 2.05) is 0 Å². The number of hydrogen-bond donors (Lipinski definition) is 0. The van der Waals surface area contributed by atoms with Crippen LogP contribution in [0, 0.1) is 5.92 Å². The summed E-state index contributed by atoms with van der Waals surface area (Å²) < 4.78 is 2.28. The van der Waals surface area contributed by atoms with Crippen LogP contribution in [-0.4, -0.2) is 14.8 Å². The minimum Gasteiger partial charge on any atom is -0.313 e. The first-order valence-electron chi connectivity index (χ1n) is 7.11. The molecule has 0 spiro atoms. The Labute approximate surface area is 115 Å². The van der Waals surface area contributed by atoms with Gasteiger partial charge in [-0.3, -0.25) is 0 Å². The van der Waals surface area contributed by atoms with E-state index >= 15 is 0 Å². The first-order chi connectivity index (χ1) is 8.63. The van der Waals surface area contributed by atoms with Gasteiger partial charge >= 0.3 is 0 Å². The lowest BCUT2D eigenvalue weighted by Gasteiger charge is -2.27. The molecule has 0 bridgehead atoms. The number of rotatable bonds is 5. The minimum absolute atomic E-state index is 0.256. The Morgan fingerprint density at radius 3 is 2.44 bits per heavy atom. The van der Waals surface area contributed by atoms with Crippen molar-refractivity contribution >= 4 is 11.6 Å². The summed E-state index contributed by atoms with van der Waals surface area (Å²) in [5, 5.41) is 8.80. The summed E-state index contributed by atoms with van der Waals surface area (Å²) in [6, 6.07) is 0. The highest BCUT2D eigenvalue weighted by atomic mass is 35.5. The zero-order chi connectivity index (χ0) is 13.2. The van der Waals surface area contributed by atoms with E-state index in [9.17, 15) is 0 Å². The molecule has 1 aromatic heterocycles. The second kappa shape index (κ2) is 5.60. The van der Waals surface area contributed by atoms with Gasteiger partial charge in [-0.25, -0.2) is 0 Å². The molecule has 0 saturated heterocycles. The quantitative estimate of drug-likeness (QED) is 0.759. The molecule has 102 valence electrons. The van der Waals surface area contributed by atoms with Crippen LogP contribution in [0.3, 0.4) is 0 Å². The lowest BCUT2D eigenvalue weighted by Crippen LogP contribution is -2.27. The molecule has 1 heterocycles. The summed E-state index contributed by atoms with van der Waals surface area (Å²) in [5.41, 5.74) is 0.256.